The van der Waals surface area contributed by atoms with Crippen LogP contribution in [0.3, 0.4) is 0 Å². The van der Waals surface area contributed by atoms with Crippen molar-refractivity contribution in [3.8, 4) is 0 Å². The van der Waals surface area contributed by atoms with Crippen molar-refractivity contribution in [1.82, 2.24) is 24.5 Å². The molecule has 3 atom stereocenters. The fourth-order valence-corrected chi connectivity index (χ4v) is 3.90. The van der Waals surface area contributed by atoms with Crippen LogP contribution in [0, 0.1) is 113 Å². The van der Waals surface area contributed by atoms with E-state index >= 15 is 0 Å². The van der Waals surface area contributed by atoms with Gasteiger partial charge < -0.3 is 126 Å². The molecule has 402 valence electrons. The predicted octanol–water partition coefficient (Wildman–Crippen LogP) is 14.0. The largest absolute Gasteiger partial charge is 0.360 e. The van der Waals surface area contributed by atoms with Crippen LogP contribution in [0.2, 0.25) is 0 Å². The van der Waals surface area contributed by atoms with Gasteiger partial charge in [-0.15, -0.1) is 25.7 Å². The molecule has 10 heteroatoms. The second kappa shape index (κ2) is 83.1. The molecule has 1 aliphatic rings. The molecule has 1 saturated heterocycles. The Labute approximate surface area is 485 Å². The fourth-order valence-electron chi connectivity index (χ4n) is 3.90. The molecule has 0 N–H and O–H groups in total. The summed E-state index contributed by atoms with van der Waals surface area (Å²) in [6, 6.07) is 3.54. The smallest absolute Gasteiger partial charge is 0.00366 e. The number of hydrogen-bond donors (Lipinski definition) is 0. The van der Waals surface area contributed by atoms with Crippen molar-refractivity contribution in [2.45, 2.75) is 194 Å². The van der Waals surface area contributed by atoms with Gasteiger partial charge in [0.15, 0.2) is 0 Å². The average Bonchev–Trinajstić information content (AvgIpc) is 3.50. The summed E-state index contributed by atoms with van der Waals surface area (Å²) in [5, 5.41) is 0. The fraction of sp³-hybridized carbons (Fsp3) is 0.722. The van der Waals surface area contributed by atoms with Gasteiger partial charge in [0.05, 0.1) is 0 Å². The van der Waals surface area contributed by atoms with Crippen LogP contribution in [0.1, 0.15) is 151 Å². The van der Waals surface area contributed by atoms with Gasteiger partial charge in [0.25, 0.3) is 0 Å². The van der Waals surface area contributed by atoms with Crippen molar-refractivity contribution in [2.75, 3.05) is 53.4 Å². The molecule has 0 aromatic rings. The first-order valence-corrected chi connectivity index (χ1v) is 22.7. The van der Waals surface area contributed by atoms with Gasteiger partial charge in [-0.1, -0.05) is 27.7 Å². The van der Waals surface area contributed by atoms with E-state index in [1.54, 1.807) is 0 Å². The average molecular weight is 1750 g/mol. The van der Waals surface area contributed by atoms with E-state index in [-0.39, 0.29) is 111 Å². The van der Waals surface area contributed by atoms with E-state index in [4.69, 9.17) is 0 Å². The molecule has 3 unspecified atom stereocenters. The van der Waals surface area contributed by atoms with Crippen LogP contribution in [0.5, 0.6) is 0 Å². The Hall–Kier alpha value is 3.24. The van der Waals surface area contributed by atoms with Gasteiger partial charge in [0, 0.05) is 123 Å². The van der Waals surface area contributed by atoms with Crippen molar-refractivity contribution in [3.05, 3.63) is 101 Å². The van der Waals surface area contributed by atoms with Gasteiger partial charge in [-0.3, -0.25) is 0 Å². The van der Waals surface area contributed by atoms with Gasteiger partial charge in [-0.2, -0.15) is 93.9 Å². The minimum Gasteiger partial charge on any atom is -0.360 e. The molecular weight excluding hydrogens is 1640 g/mol. The Bertz CT molecular complexity index is 626. The quantitative estimate of drug-likeness (QED) is 0.170. The van der Waals surface area contributed by atoms with E-state index in [0.717, 1.165) is 52.1 Å². The minimum absolute atomic E-state index is 0. The zero-order valence-electron chi connectivity index (χ0n) is 47.1. The van der Waals surface area contributed by atoms with Crippen molar-refractivity contribution >= 4 is 0 Å². The van der Waals surface area contributed by atoms with Crippen LogP contribution < -0.4 is 0 Å². The van der Waals surface area contributed by atoms with E-state index in [1.165, 1.54) is 0 Å². The molecule has 0 aromatic carbocycles. The Kier molecular flexibility index (Phi) is 135. The van der Waals surface area contributed by atoms with Crippen molar-refractivity contribution < 1.29 is 105 Å². The zero-order chi connectivity index (χ0) is 49.3. The topological polar surface area (TPSA) is 16.2 Å². The molecule has 0 aliphatic carbocycles. The second-order valence-corrected chi connectivity index (χ2v) is 16.2. The van der Waals surface area contributed by atoms with E-state index in [1.807, 2.05) is 108 Å². The first-order chi connectivity index (χ1) is 27.3. The number of hydrogen-bond acceptors (Lipinski definition) is 5. The van der Waals surface area contributed by atoms with Crippen LogP contribution >= 0.6 is 0 Å². The molecule has 0 bridgehead atoms. The minimum atomic E-state index is 0. The van der Waals surface area contributed by atoms with Crippen LogP contribution in [0.25, 0.3) is 0 Å². The van der Waals surface area contributed by atoms with Crippen molar-refractivity contribution in [2.24, 2.45) is 11.8 Å². The normalized spacial score (nSPS) is 13.6. The van der Waals surface area contributed by atoms with Gasteiger partial charge >= 0.3 is 0 Å². The van der Waals surface area contributed by atoms with Crippen LogP contribution in [0.4, 0.5) is 0 Å². The zero-order valence-corrected chi connectivity index (χ0v) is 61.8. The summed E-state index contributed by atoms with van der Waals surface area (Å²) >= 11 is 0. The maximum Gasteiger partial charge on any atom is 0.00366 e. The standard InChI is InChI=1S/C9H17N.2C8H17N.2C7H15N.5C3H7.5W/c1-7(2)10-5-8(3)9(4)6-10;1-6-8(4)9(5)7(2)3;1-5-7-9(6-2)8(3)4;1-6(2)8(5)7(3)4;1-5-8(6-2)7(3)4;5*1-3-2;;;;;/h7-9H,3-6H2,1-2H3;7-8H,1,4,6H2,2-3,5H3;8H,1-2,5-7H2,3-4H3;6-7H,1-2H2,3-5H3;7H,1-2,5-6H2,3-4H3;5*3H,1-2H3;;;;;/q5*-2;5*-1;;;;;. The third-order valence-corrected chi connectivity index (χ3v) is 8.22. The molecule has 0 radical (unpaired) electrons. The summed E-state index contributed by atoms with van der Waals surface area (Å²) in [6.07, 6.45) is 11.9. The second-order valence-electron chi connectivity index (χ2n) is 16.2. The van der Waals surface area contributed by atoms with Crippen LogP contribution in [-0.4, -0.2) is 120 Å². The predicted molar refractivity (Wildman–Crippen MR) is 282 cm³/mol. The molecule has 1 fully saturated rings. The third-order valence-electron chi connectivity index (χ3n) is 8.22. The van der Waals surface area contributed by atoms with E-state index < -0.39 is 0 Å². The maximum absolute atomic E-state index is 4.05. The Morgan fingerprint density at radius 1 is 0.469 bits per heavy atom. The van der Waals surface area contributed by atoms with Crippen LogP contribution in [0.15, 0.2) is 0 Å². The SMILES string of the molecule is C[CH-]C.C[CH-]C.C[CH-]C.C[CH-]C.C[CH-]C.[CH2-]C([CH2-])N(C)C(C)C.[CH2-]C1CN(C(C)C)CC1[CH2-].[CH2-]CC([CH2-])N(C)C(C)C.[CH2-]CCN(C[CH2-])C(C)C.[CH2-]CN(C[CH2-])C(C)C.[W].[W].[W].[W].[W]. The first kappa shape index (κ1) is 104. The first-order valence-electron chi connectivity index (χ1n) is 22.7. The van der Waals surface area contributed by atoms with Crippen molar-refractivity contribution in [3.63, 3.8) is 0 Å². The maximum atomic E-state index is 4.05. The Morgan fingerprint density at radius 3 is 0.781 bits per heavy atom. The van der Waals surface area contributed by atoms with Crippen LogP contribution in [-0.2, 0) is 105 Å². The van der Waals surface area contributed by atoms with Crippen molar-refractivity contribution in [1.29, 1.82) is 0 Å². The van der Waals surface area contributed by atoms with E-state index in [2.05, 4.69) is 170 Å². The summed E-state index contributed by atoms with van der Waals surface area (Å²) in [6.45, 7) is 86.2. The third kappa shape index (κ3) is 91.5. The summed E-state index contributed by atoms with van der Waals surface area (Å²) in [5.74, 6) is 1.09. The van der Waals surface area contributed by atoms with E-state index in [9.17, 15) is 0 Å². The molecule has 1 heterocycles. The summed E-state index contributed by atoms with van der Waals surface area (Å²) in [7, 11) is 4.10. The number of rotatable bonds is 13. The Morgan fingerprint density at radius 2 is 0.719 bits per heavy atom. The summed E-state index contributed by atoms with van der Waals surface area (Å²) < 4.78 is 0. The molecule has 0 spiro atoms. The molecule has 0 saturated carbocycles. The van der Waals surface area contributed by atoms with Gasteiger partial charge in [-0.05, 0) is 87.4 Å². The monoisotopic (exact) mass is 1750 g/mol. The molecule has 0 aromatic heterocycles. The molecule has 5 nitrogen and oxygen atoms in total. The van der Waals surface area contributed by atoms with Gasteiger partial charge in [0.2, 0.25) is 0 Å². The van der Waals surface area contributed by atoms with Gasteiger partial charge in [-0.25, -0.2) is 6.04 Å². The number of nitrogens with zero attached hydrogens (tertiary/aromatic N) is 5. The molecule has 1 rings (SSSR count). The van der Waals surface area contributed by atoms with Gasteiger partial charge in [0.1, 0.15) is 0 Å². The molecule has 64 heavy (non-hydrogen) atoms. The van der Waals surface area contributed by atoms with E-state index in [0.29, 0.717) is 48.1 Å². The Balaban J connectivity index is -0.0000000371. The molecule has 0 amide bonds. The summed E-state index contributed by atoms with van der Waals surface area (Å²) in [4.78, 5) is 11.3. The summed E-state index contributed by atoms with van der Waals surface area (Å²) in [5.41, 5.74) is 0. The number of likely N-dealkylation sites (tertiary alicyclic amines) is 1. The molecule has 1 aliphatic heterocycles. The molecular formula is C54H116N5W5-15.